The van der Waals surface area contributed by atoms with E-state index in [1.807, 2.05) is 0 Å². The number of hydrogen-bond acceptors (Lipinski definition) is 2. The van der Waals surface area contributed by atoms with E-state index in [4.69, 9.17) is 6.42 Å². The summed E-state index contributed by atoms with van der Waals surface area (Å²) in [5.74, 6) is 5.05. The first-order valence-corrected chi connectivity index (χ1v) is 6.96. The van der Waals surface area contributed by atoms with Gasteiger partial charge in [-0.25, -0.2) is 0 Å². The first-order valence-electron chi connectivity index (χ1n) is 6.33. The molecule has 1 unspecified atom stereocenters. The van der Waals surface area contributed by atoms with Gasteiger partial charge in [-0.2, -0.15) is 12.6 Å². The summed E-state index contributed by atoms with van der Waals surface area (Å²) in [7, 11) is 0. The SMILES string of the molecule is C#CCCC.CC(C)CNCC(C)CCS. The van der Waals surface area contributed by atoms with Crippen molar-refractivity contribution in [3.63, 3.8) is 0 Å². The van der Waals surface area contributed by atoms with Crippen molar-refractivity contribution in [2.45, 2.75) is 47.0 Å². The average Bonchev–Trinajstić information content (AvgIpc) is 2.19. The van der Waals surface area contributed by atoms with Crippen molar-refractivity contribution < 1.29 is 0 Å². The van der Waals surface area contributed by atoms with Crippen molar-refractivity contribution in [2.75, 3.05) is 18.8 Å². The maximum Gasteiger partial charge on any atom is 0.00834 e. The van der Waals surface area contributed by atoms with Gasteiger partial charge in [0.1, 0.15) is 0 Å². The van der Waals surface area contributed by atoms with Crippen LogP contribution < -0.4 is 5.32 Å². The van der Waals surface area contributed by atoms with Crippen LogP contribution in [0.2, 0.25) is 0 Å². The Morgan fingerprint density at radius 2 is 1.88 bits per heavy atom. The van der Waals surface area contributed by atoms with Gasteiger partial charge in [-0.15, -0.1) is 12.3 Å². The van der Waals surface area contributed by atoms with Crippen molar-refractivity contribution in [1.82, 2.24) is 5.32 Å². The molecule has 0 amide bonds. The van der Waals surface area contributed by atoms with Gasteiger partial charge in [-0.05, 0) is 43.5 Å². The summed E-state index contributed by atoms with van der Waals surface area (Å²) in [6.45, 7) is 11.1. The smallest absolute Gasteiger partial charge is 0.00834 e. The molecular weight excluding hydrogens is 214 g/mol. The van der Waals surface area contributed by atoms with Crippen LogP contribution in [-0.4, -0.2) is 18.8 Å². The lowest BCUT2D eigenvalue weighted by molar-refractivity contribution is 0.469. The molecule has 0 bridgehead atoms. The molecule has 2 heteroatoms. The monoisotopic (exact) mass is 243 g/mol. The summed E-state index contributed by atoms with van der Waals surface area (Å²) in [5.41, 5.74) is 0. The third-order valence-corrected chi connectivity index (χ3v) is 2.32. The van der Waals surface area contributed by atoms with Gasteiger partial charge in [0.25, 0.3) is 0 Å². The third kappa shape index (κ3) is 19.4. The highest BCUT2D eigenvalue weighted by molar-refractivity contribution is 7.80. The topological polar surface area (TPSA) is 12.0 Å². The number of terminal acetylenes is 1. The minimum atomic E-state index is 0.762. The molecule has 1 nitrogen and oxygen atoms in total. The second-order valence-corrected chi connectivity index (χ2v) is 5.07. The van der Waals surface area contributed by atoms with Crippen LogP contribution in [0.25, 0.3) is 0 Å². The zero-order chi connectivity index (χ0) is 12.8. The number of rotatable bonds is 7. The van der Waals surface area contributed by atoms with Crippen molar-refractivity contribution >= 4 is 12.6 Å². The molecule has 0 saturated carbocycles. The van der Waals surface area contributed by atoms with Crippen LogP contribution in [0.1, 0.15) is 47.0 Å². The van der Waals surface area contributed by atoms with Crippen LogP contribution in [0.4, 0.5) is 0 Å². The van der Waals surface area contributed by atoms with Crippen molar-refractivity contribution in [3.05, 3.63) is 0 Å². The average molecular weight is 243 g/mol. The first-order chi connectivity index (χ1) is 7.58. The van der Waals surface area contributed by atoms with Gasteiger partial charge in [-0.3, -0.25) is 0 Å². The molecule has 0 aromatic rings. The molecule has 0 aromatic carbocycles. The number of unbranched alkanes of at least 4 members (excludes halogenated alkanes) is 1. The minimum Gasteiger partial charge on any atom is -0.316 e. The highest BCUT2D eigenvalue weighted by Gasteiger charge is 1.99. The fraction of sp³-hybridized carbons (Fsp3) is 0.857. The van der Waals surface area contributed by atoms with Gasteiger partial charge in [0, 0.05) is 6.42 Å². The van der Waals surface area contributed by atoms with Crippen molar-refractivity contribution in [3.8, 4) is 12.3 Å². The van der Waals surface area contributed by atoms with E-state index < -0.39 is 0 Å². The summed E-state index contributed by atoms with van der Waals surface area (Å²) in [5, 5.41) is 3.44. The molecule has 0 aromatic heterocycles. The van der Waals surface area contributed by atoms with Crippen LogP contribution >= 0.6 is 12.6 Å². The zero-order valence-corrected chi connectivity index (χ0v) is 12.3. The summed E-state index contributed by atoms with van der Waals surface area (Å²) in [6, 6.07) is 0. The van der Waals surface area contributed by atoms with Gasteiger partial charge in [0.2, 0.25) is 0 Å². The van der Waals surface area contributed by atoms with Gasteiger partial charge in [-0.1, -0.05) is 27.7 Å². The molecule has 16 heavy (non-hydrogen) atoms. The van der Waals surface area contributed by atoms with E-state index in [0.717, 1.165) is 43.5 Å². The Morgan fingerprint density at radius 1 is 1.25 bits per heavy atom. The Labute approximate surface area is 108 Å². The van der Waals surface area contributed by atoms with E-state index in [9.17, 15) is 0 Å². The zero-order valence-electron chi connectivity index (χ0n) is 11.4. The third-order valence-electron chi connectivity index (χ3n) is 2.06. The summed E-state index contributed by atoms with van der Waals surface area (Å²) in [6.07, 6.45) is 8.13. The van der Waals surface area contributed by atoms with Gasteiger partial charge in [0.05, 0.1) is 0 Å². The van der Waals surface area contributed by atoms with Crippen LogP contribution in [0.3, 0.4) is 0 Å². The lowest BCUT2D eigenvalue weighted by Gasteiger charge is -2.12. The van der Waals surface area contributed by atoms with Crippen molar-refractivity contribution in [2.24, 2.45) is 11.8 Å². The quantitative estimate of drug-likeness (QED) is 0.514. The van der Waals surface area contributed by atoms with E-state index in [0.29, 0.717) is 0 Å². The minimum absolute atomic E-state index is 0.762. The lowest BCUT2D eigenvalue weighted by Crippen LogP contribution is -2.25. The molecule has 1 N–H and O–H groups in total. The molecule has 0 saturated heterocycles. The Morgan fingerprint density at radius 3 is 2.19 bits per heavy atom. The normalized spacial score (nSPS) is 11.6. The number of thiol groups is 1. The molecule has 96 valence electrons. The van der Waals surface area contributed by atoms with E-state index in [2.05, 4.69) is 51.6 Å². The van der Waals surface area contributed by atoms with Gasteiger partial charge >= 0.3 is 0 Å². The van der Waals surface area contributed by atoms with E-state index in [1.54, 1.807) is 0 Å². The maximum atomic E-state index is 4.89. The van der Waals surface area contributed by atoms with Crippen LogP contribution in [0.5, 0.6) is 0 Å². The first kappa shape index (κ1) is 18.2. The molecule has 0 radical (unpaired) electrons. The van der Waals surface area contributed by atoms with Crippen LogP contribution in [-0.2, 0) is 0 Å². The highest BCUT2D eigenvalue weighted by Crippen LogP contribution is 2.00. The van der Waals surface area contributed by atoms with Crippen LogP contribution in [0, 0.1) is 24.2 Å². The highest BCUT2D eigenvalue weighted by atomic mass is 32.1. The fourth-order valence-corrected chi connectivity index (χ4v) is 1.53. The fourth-order valence-electron chi connectivity index (χ4n) is 1.09. The molecule has 0 aliphatic heterocycles. The van der Waals surface area contributed by atoms with E-state index in [1.165, 1.54) is 6.42 Å². The maximum absolute atomic E-state index is 4.89. The molecule has 0 aliphatic carbocycles. The molecule has 0 rings (SSSR count). The van der Waals surface area contributed by atoms with E-state index in [-0.39, 0.29) is 0 Å². The Kier molecular flexibility index (Phi) is 17.0. The van der Waals surface area contributed by atoms with Gasteiger partial charge < -0.3 is 5.32 Å². The number of hydrogen-bond donors (Lipinski definition) is 2. The van der Waals surface area contributed by atoms with Crippen molar-refractivity contribution in [1.29, 1.82) is 0 Å². The second kappa shape index (κ2) is 14.9. The van der Waals surface area contributed by atoms with E-state index >= 15 is 0 Å². The largest absolute Gasteiger partial charge is 0.316 e. The molecule has 0 heterocycles. The molecular formula is C14H29NS. The standard InChI is InChI=1S/C9H21NS.C5H8/c1-8(2)6-10-7-9(3)4-5-11;1-3-5-4-2/h8-11H,4-7H2,1-3H3;1H,4-5H2,2H3. The Bertz CT molecular complexity index is 161. The van der Waals surface area contributed by atoms with Crippen LogP contribution in [0.15, 0.2) is 0 Å². The Hall–Kier alpha value is -0.130. The Balaban J connectivity index is 0. The van der Waals surface area contributed by atoms with Gasteiger partial charge in [0.15, 0.2) is 0 Å². The molecule has 1 atom stereocenters. The molecule has 0 fully saturated rings. The number of nitrogens with one attached hydrogen (secondary N) is 1. The lowest BCUT2D eigenvalue weighted by atomic mass is 10.1. The molecule has 0 spiro atoms. The summed E-state index contributed by atoms with van der Waals surface area (Å²) in [4.78, 5) is 0. The molecule has 0 aliphatic rings. The predicted molar refractivity (Wildman–Crippen MR) is 79.1 cm³/mol. The predicted octanol–water partition coefficient (Wildman–Crippen LogP) is 3.61. The summed E-state index contributed by atoms with van der Waals surface area (Å²) >= 11 is 4.19. The summed E-state index contributed by atoms with van der Waals surface area (Å²) < 4.78 is 0. The second-order valence-electron chi connectivity index (χ2n) is 4.62.